The summed E-state index contributed by atoms with van der Waals surface area (Å²) < 4.78 is 4.60. The van der Waals surface area contributed by atoms with E-state index in [1.807, 2.05) is 44.2 Å². The Hall–Kier alpha value is -2.39. The molecule has 0 heterocycles. The second-order valence-electron chi connectivity index (χ2n) is 7.73. The number of nitrogens with two attached hydrogens (primary N) is 1. The van der Waals surface area contributed by atoms with Crippen molar-refractivity contribution in [3.05, 3.63) is 35.9 Å². The lowest BCUT2D eigenvalue weighted by atomic mass is 9.99. The van der Waals surface area contributed by atoms with E-state index in [-0.39, 0.29) is 25.2 Å². The van der Waals surface area contributed by atoms with Gasteiger partial charge in [-0.2, -0.15) is 12.6 Å². The van der Waals surface area contributed by atoms with Gasteiger partial charge in [0.25, 0.3) is 0 Å². The van der Waals surface area contributed by atoms with Crippen LogP contribution in [-0.4, -0.2) is 60.1 Å². The number of thiol groups is 1. The Morgan fingerprint density at radius 1 is 1.13 bits per heavy atom. The third kappa shape index (κ3) is 8.34. The van der Waals surface area contributed by atoms with Crippen molar-refractivity contribution >= 4 is 36.3 Å². The van der Waals surface area contributed by atoms with Gasteiger partial charge in [-0.25, -0.2) is 0 Å². The molecule has 1 aromatic carbocycles. The van der Waals surface area contributed by atoms with Crippen molar-refractivity contribution in [2.45, 2.75) is 56.9 Å². The molecular formula is C22H33N3O5S. The van der Waals surface area contributed by atoms with Crippen LogP contribution in [0.2, 0.25) is 0 Å². The number of nitrogens with one attached hydrogen (secondary N) is 1. The van der Waals surface area contributed by atoms with Gasteiger partial charge in [-0.3, -0.25) is 24.1 Å². The average molecular weight is 452 g/mol. The number of carbonyl (C=O) groups excluding carboxylic acids is 4. The Kier molecular flexibility index (Phi) is 11.3. The molecule has 3 atom stereocenters. The van der Waals surface area contributed by atoms with Gasteiger partial charge in [0.15, 0.2) is 0 Å². The van der Waals surface area contributed by atoms with Gasteiger partial charge in [0, 0.05) is 19.9 Å². The number of ether oxygens (including phenoxy) is 1. The molecule has 8 nitrogen and oxygen atoms in total. The first-order valence-electron chi connectivity index (χ1n) is 10.2. The van der Waals surface area contributed by atoms with Crippen molar-refractivity contribution in [3.8, 4) is 0 Å². The second kappa shape index (κ2) is 13.1. The molecule has 1 unspecified atom stereocenters. The number of carbonyl (C=O) groups is 4. The number of nitrogens with zero attached hydrogens (tertiary/aromatic N) is 1. The lowest BCUT2D eigenvalue weighted by molar-refractivity contribution is -0.152. The smallest absolute Gasteiger partial charge is 0.305 e. The standard InChI is InChI=1S/C22H33N3O5S/c1-14(2)12-16(23)21(28)25(22(29)18(31)10-11-19(26)30-4)17(20(27)24-3)13-15-8-6-5-7-9-15/h5-9,14,16-18,31H,10-13,23H2,1-4H3,(H,24,27)/t16-,17-,18?/m0/s1. The highest BCUT2D eigenvalue weighted by molar-refractivity contribution is 7.81. The summed E-state index contributed by atoms with van der Waals surface area (Å²) in [4.78, 5) is 51.7. The molecule has 3 N–H and O–H groups in total. The van der Waals surface area contributed by atoms with Gasteiger partial charge in [0.05, 0.1) is 18.4 Å². The minimum Gasteiger partial charge on any atom is -0.469 e. The molecule has 1 rings (SSSR count). The maximum absolute atomic E-state index is 13.3. The minimum absolute atomic E-state index is 0.0419. The molecule has 31 heavy (non-hydrogen) atoms. The van der Waals surface area contributed by atoms with Crippen molar-refractivity contribution in [1.29, 1.82) is 0 Å². The summed E-state index contributed by atoms with van der Waals surface area (Å²) in [6, 6.07) is 7.03. The van der Waals surface area contributed by atoms with E-state index >= 15 is 0 Å². The quantitative estimate of drug-likeness (QED) is 0.345. The number of rotatable bonds is 11. The largest absolute Gasteiger partial charge is 0.469 e. The van der Waals surface area contributed by atoms with Crippen molar-refractivity contribution in [1.82, 2.24) is 10.2 Å². The molecule has 0 aliphatic rings. The number of esters is 1. The SMILES string of the molecule is CNC(=O)[C@H](Cc1ccccc1)N(C(=O)C(S)CCC(=O)OC)C(=O)[C@@H](N)CC(C)C. The van der Waals surface area contributed by atoms with E-state index in [0.717, 1.165) is 10.5 Å². The van der Waals surface area contributed by atoms with Crippen LogP contribution in [0.4, 0.5) is 0 Å². The van der Waals surface area contributed by atoms with Crippen LogP contribution < -0.4 is 11.1 Å². The van der Waals surface area contributed by atoms with Crippen LogP contribution in [0, 0.1) is 5.92 Å². The fraction of sp³-hybridized carbons (Fsp3) is 0.545. The first-order valence-corrected chi connectivity index (χ1v) is 10.8. The Morgan fingerprint density at radius 2 is 1.74 bits per heavy atom. The topological polar surface area (TPSA) is 119 Å². The predicted molar refractivity (Wildman–Crippen MR) is 121 cm³/mol. The predicted octanol–water partition coefficient (Wildman–Crippen LogP) is 1.32. The first-order chi connectivity index (χ1) is 14.6. The Bertz CT molecular complexity index is 757. The van der Waals surface area contributed by atoms with Gasteiger partial charge in [-0.1, -0.05) is 44.2 Å². The fourth-order valence-electron chi connectivity index (χ4n) is 3.15. The summed E-state index contributed by atoms with van der Waals surface area (Å²) in [6.07, 6.45) is 0.501. The average Bonchev–Trinajstić information content (AvgIpc) is 2.75. The number of amides is 3. The molecule has 172 valence electrons. The fourth-order valence-corrected chi connectivity index (χ4v) is 3.40. The van der Waals surface area contributed by atoms with E-state index in [1.54, 1.807) is 0 Å². The lowest BCUT2D eigenvalue weighted by Gasteiger charge is -2.33. The van der Waals surface area contributed by atoms with Crippen molar-refractivity contribution in [2.75, 3.05) is 14.2 Å². The van der Waals surface area contributed by atoms with E-state index in [0.29, 0.717) is 6.42 Å². The van der Waals surface area contributed by atoms with E-state index < -0.39 is 41.0 Å². The highest BCUT2D eigenvalue weighted by atomic mass is 32.1. The van der Waals surface area contributed by atoms with Crippen molar-refractivity contribution in [3.63, 3.8) is 0 Å². The Labute approximate surface area is 189 Å². The minimum atomic E-state index is -1.10. The van der Waals surface area contributed by atoms with E-state index in [9.17, 15) is 19.2 Å². The van der Waals surface area contributed by atoms with Gasteiger partial charge in [0.1, 0.15) is 6.04 Å². The summed E-state index contributed by atoms with van der Waals surface area (Å²) in [6.45, 7) is 3.83. The van der Waals surface area contributed by atoms with Gasteiger partial charge < -0.3 is 15.8 Å². The molecule has 0 saturated carbocycles. The third-order valence-electron chi connectivity index (χ3n) is 4.78. The zero-order valence-corrected chi connectivity index (χ0v) is 19.4. The zero-order chi connectivity index (χ0) is 23.6. The number of methoxy groups -OCH3 is 1. The molecule has 0 aromatic heterocycles. The molecule has 1 aromatic rings. The highest BCUT2D eigenvalue weighted by Gasteiger charge is 2.39. The maximum Gasteiger partial charge on any atom is 0.305 e. The summed E-state index contributed by atoms with van der Waals surface area (Å²) in [5, 5.41) is 1.55. The lowest BCUT2D eigenvalue weighted by Crippen LogP contribution is -2.58. The van der Waals surface area contributed by atoms with Gasteiger partial charge in [-0.15, -0.1) is 0 Å². The van der Waals surface area contributed by atoms with Gasteiger partial charge in [0.2, 0.25) is 17.7 Å². The highest BCUT2D eigenvalue weighted by Crippen LogP contribution is 2.19. The molecule has 0 aliphatic carbocycles. The van der Waals surface area contributed by atoms with Crippen LogP contribution in [0.25, 0.3) is 0 Å². The van der Waals surface area contributed by atoms with E-state index in [4.69, 9.17) is 5.73 Å². The normalized spacial score (nSPS) is 13.8. The molecule has 0 spiro atoms. The monoisotopic (exact) mass is 451 g/mol. The van der Waals surface area contributed by atoms with Crippen LogP contribution in [0.5, 0.6) is 0 Å². The molecule has 9 heteroatoms. The van der Waals surface area contributed by atoms with Crippen molar-refractivity contribution < 1.29 is 23.9 Å². The number of imide groups is 1. The molecular weight excluding hydrogens is 418 g/mol. The number of benzene rings is 1. The van der Waals surface area contributed by atoms with E-state index in [1.165, 1.54) is 14.2 Å². The van der Waals surface area contributed by atoms with Crippen LogP contribution >= 0.6 is 12.6 Å². The molecule has 0 saturated heterocycles. The zero-order valence-electron chi connectivity index (χ0n) is 18.5. The van der Waals surface area contributed by atoms with Gasteiger partial charge in [-0.05, 0) is 24.3 Å². The van der Waals surface area contributed by atoms with Crippen LogP contribution in [-0.2, 0) is 30.3 Å². The van der Waals surface area contributed by atoms with Gasteiger partial charge >= 0.3 is 5.97 Å². The molecule has 3 amide bonds. The molecule has 0 fully saturated rings. The number of likely N-dealkylation sites (N-methyl/N-ethyl adjacent to an activating group) is 1. The molecule has 0 radical (unpaired) electrons. The van der Waals surface area contributed by atoms with Crippen LogP contribution in [0.3, 0.4) is 0 Å². The first kappa shape index (κ1) is 26.6. The Morgan fingerprint density at radius 3 is 2.26 bits per heavy atom. The number of hydrogen-bond donors (Lipinski definition) is 3. The summed E-state index contributed by atoms with van der Waals surface area (Å²) in [7, 11) is 2.69. The molecule has 0 bridgehead atoms. The summed E-state index contributed by atoms with van der Waals surface area (Å²) in [5.41, 5.74) is 6.88. The summed E-state index contributed by atoms with van der Waals surface area (Å²) >= 11 is 4.31. The maximum atomic E-state index is 13.3. The third-order valence-corrected chi connectivity index (χ3v) is 5.26. The summed E-state index contributed by atoms with van der Waals surface area (Å²) in [5.74, 6) is -2.17. The van der Waals surface area contributed by atoms with Crippen LogP contribution in [0.15, 0.2) is 30.3 Å². The van der Waals surface area contributed by atoms with E-state index in [2.05, 4.69) is 22.7 Å². The Balaban J connectivity index is 3.28. The van der Waals surface area contributed by atoms with Crippen molar-refractivity contribution in [2.24, 2.45) is 11.7 Å². The number of hydrogen-bond acceptors (Lipinski definition) is 7. The van der Waals surface area contributed by atoms with Crippen LogP contribution in [0.1, 0.15) is 38.7 Å². The second-order valence-corrected chi connectivity index (χ2v) is 8.36. The molecule has 0 aliphatic heterocycles.